The van der Waals surface area contributed by atoms with Gasteiger partial charge in [-0.1, -0.05) is 6.07 Å². The van der Waals surface area contributed by atoms with Gasteiger partial charge in [0, 0.05) is 69.7 Å². The van der Waals surface area contributed by atoms with Crippen LogP contribution in [-0.2, 0) is 16.1 Å². The van der Waals surface area contributed by atoms with Crippen LogP contribution >= 0.6 is 0 Å². The molecule has 1 unspecified atom stereocenters. The standard InChI is InChI=1S/C21H24F2N4O2/c1-15(28)24-7-10-26(11-8-24)20(29)14-27-12-9-25-6-2-3-19(25)21(27)17-5-4-16(22)13-18(17)23/h2-6,13,21H,7-12,14H2,1H3. The summed E-state index contributed by atoms with van der Waals surface area (Å²) in [7, 11) is 0. The van der Waals surface area contributed by atoms with E-state index in [1.807, 2.05) is 27.8 Å². The minimum absolute atomic E-state index is 0.0146. The Morgan fingerprint density at radius 2 is 1.72 bits per heavy atom. The van der Waals surface area contributed by atoms with Crippen LogP contribution in [0.25, 0.3) is 0 Å². The van der Waals surface area contributed by atoms with Crippen molar-refractivity contribution in [2.45, 2.75) is 19.5 Å². The zero-order valence-corrected chi connectivity index (χ0v) is 16.4. The van der Waals surface area contributed by atoms with Gasteiger partial charge in [0.1, 0.15) is 11.6 Å². The van der Waals surface area contributed by atoms with Gasteiger partial charge in [0.05, 0.1) is 12.6 Å². The second kappa shape index (κ2) is 7.94. The molecule has 8 heteroatoms. The van der Waals surface area contributed by atoms with Crippen molar-refractivity contribution in [2.24, 2.45) is 0 Å². The maximum absolute atomic E-state index is 14.6. The Labute approximate surface area is 168 Å². The van der Waals surface area contributed by atoms with Gasteiger partial charge in [0.2, 0.25) is 11.8 Å². The predicted octanol–water partition coefficient (Wildman–Crippen LogP) is 1.86. The summed E-state index contributed by atoms with van der Waals surface area (Å²) in [6.07, 6.45) is 1.93. The molecule has 154 valence electrons. The molecule has 1 aromatic carbocycles. The van der Waals surface area contributed by atoms with Crippen LogP contribution in [0.3, 0.4) is 0 Å². The maximum atomic E-state index is 14.6. The van der Waals surface area contributed by atoms with Gasteiger partial charge in [-0.05, 0) is 18.2 Å². The number of benzene rings is 1. The topological polar surface area (TPSA) is 48.8 Å². The molecule has 1 atom stereocenters. The molecule has 2 aromatic rings. The number of fused-ring (bicyclic) bond motifs is 1. The molecule has 1 saturated heterocycles. The molecule has 3 heterocycles. The first kappa shape index (κ1) is 19.6. The van der Waals surface area contributed by atoms with Crippen LogP contribution in [0.5, 0.6) is 0 Å². The van der Waals surface area contributed by atoms with Gasteiger partial charge >= 0.3 is 0 Å². The molecule has 0 bridgehead atoms. The molecule has 1 aromatic heterocycles. The van der Waals surface area contributed by atoms with Crippen LogP contribution in [0, 0.1) is 11.6 Å². The van der Waals surface area contributed by atoms with E-state index < -0.39 is 17.7 Å². The number of rotatable bonds is 3. The Balaban J connectivity index is 1.54. The third kappa shape index (κ3) is 3.89. The highest BCUT2D eigenvalue weighted by molar-refractivity contribution is 5.79. The highest BCUT2D eigenvalue weighted by Gasteiger charge is 2.33. The van der Waals surface area contributed by atoms with Crippen LogP contribution < -0.4 is 0 Å². The first-order valence-corrected chi connectivity index (χ1v) is 9.81. The zero-order chi connectivity index (χ0) is 20.5. The summed E-state index contributed by atoms with van der Waals surface area (Å²) in [6, 6.07) is 6.95. The van der Waals surface area contributed by atoms with Gasteiger partial charge in [0.15, 0.2) is 0 Å². The van der Waals surface area contributed by atoms with Crippen molar-refractivity contribution in [3.63, 3.8) is 0 Å². The van der Waals surface area contributed by atoms with Crippen LogP contribution in [0.15, 0.2) is 36.5 Å². The van der Waals surface area contributed by atoms with Crippen molar-refractivity contribution in [1.82, 2.24) is 19.3 Å². The Hall–Kier alpha value is -2.74. The number of hydrogen-bond donors (Lipinski definition) is 0. The lowest BCUT2D eigenvalue weighted by Gasteiger charge is -2.39. The zero-order valence-electron chi connectivity index (χ0n) is 16.4. The Kier molecular flexibility index (Phi) is 5.36. The summed E-state index contributed by atoms with van der Waals surface area (Å²) in [6.45, 7) is 5.01. The molecule has 0 radical (unpaired) electrons. The number of amides is 2. The van der Waals surface area contributed by atoms with Crippen LogP contribution in [0.4, 0.5) is 8.78 Å². The van der Waals surface area contributed by atoms with Crippen molar-refractivity contribution in [3.8, 4) is 0 Å². The van der Waals surface area contributed by atoms with Crippen molar-refractivity contribution >= 4 is 11.8 Å². The summed E-state index contributed by atoms with van der Waals surface area (Å²) in [5, 5.41) is 0. The summed E-state index contributed by atoms with van der Waals surface area (Å²) in [5.41, 5.74) is 1.25. The number of hydrogen-bond acceptors (Lipinski definition) is 3. The number of aromatic nitrogens is 1. The van der Waals surface area contributed by atoms with Gasteiger partial charge in [-0.25, -0.2) is 8.78 Å². The number of carbonyl (C=O) groups is 2. The molecule has 2 amide bonds. The molecule has 0 spiro atoms. The van der Waals surface area contributed by atoms with E-state index >= 15 is 0 Å². The van der Waals surface area contributed by atoms with Gasteiger partial charge in [-0.2, -0.15) is 0 Å². The van der Waals surface area contributed by atoms with Crippen LogP contribution in [0.1, 0.15) is 24.2 Å². The Bertz CT molecular complexity index is 921. The molecular formula is C21H24F2N4O2. The first-order valence-electron chi connectivity index (χ1n) is 9.81. The summed E-state index contributed by atoms with van der Waals surface area (Å²) >= 11 is 0. The van der Waals surface area contributed by atoms with Crippen LogP contribution in [0.2, 0.25) is 0 Å². The van der Waals surface area contributed by atoms with E-state index in [0.29, 0.717) is 44.8 Å². The van der Waals surface area contributed by atoms with Crippen molar-refractivity contribution in [1.29, 1.82) is 0 Å². The quantitative estimate of drug-likeness (QED) is 0.788. The summed E-state index contributed by atoms with van der Waals surface area (Å²) < 4.78 is 30.1. The number of nitrogens with zero attached hydrogens (tertiary/aromatic N) is 4. The van der Waals surface area contributed by atoms with E-state index in [1.165, 1.54) is 19.1 Å². The molecule has 0 N–H and O–H groups in total. The third-order valence-corrected chi connectivity index (χ3v) is 5.81. The van der Waals surface area contributed by atoms with E-state index in [2.05, 4.69) is 0 Å². The molecule has 29 heavy (non-hydrogen) atoms. The molecule has 2 aliphatic heterocycles. The number of piperazine rings is 1. The van der Waals surface area contributed by atoms with E-state index in [1.54, 1.807) is 9.80 Å². The van der Waals surface area contributed by atoms with Gasteiger partial charge in [-0.15, -0.1) is 0 Å². The lowest BCUT2D eigenvalue weighted by Crippen LogP contribution is -2.53. The van der Waals surface area contributed by atoms with E-state index in [-0.39, 0.29) is 18.4 Å². The SMILES string of the molecule is CC(=O)N1CCN(C(=O)CN2CCn3cccc3C2c2ccc(F)cc2F)CC1. The van der Waals surface area contributed by atoms with Gasteiger partial charge in [-0.3, -0.25) is 14.5 Å². The lowest BCUT2D eigenvalue weighted by molar-refractivity contribution is -0.139. The van der Waals surface area contributed by atoms with E-state index in [9.17, 15) is 18.4 Å². The average Bonchev–Trinajstić information content (AvgIpc) is 3.17. The lowest BCUT2D eigenvalue weighted by atomic mass is 9.99. The highest BCUT2D eigenvalue weighted by atomic mass is 19.1. The summed E-state index contributed by atoms with van der Waals surface area (Å²) in [4.78, 5) is 29.9. The fraction of sp³-hybridized carbons (Fsp3) is 0.429. The molecule has 0 aliphatic carbocycles. The normalized spacial score (nSPS) is 19.9. The third-order valence-electron chi connectivity index (χ3n) is 5.81. The van der Waals surface area contributed by atoms with Crippen molar-refractivity contribution in [2.75, 3.05) is 39.3 Å². The highest BCUT2D eigenvalue weighted by Crippen LogP contribution is 2.34. The molecule has 4 rings (SSSR count). The minimum atomic E-state index is -0.622. The largest absolute Gasteiger partial charge is 0.348 e. The number of halogens is 2. The van der Waals surface area contributed by atoms with Crippen molar-refractivity contribution < 1.29 is 18.4 Å². The number of carbonyl (C=O) groups excluding carboxylic acids is 2. The van der Waals surface area contributed by atoms with Crippen LogP contribution in [-0.4, -0.2) is 70.3 Å². The predicted molar refractivity (Wildman–Crippen MR) is 103 cm³/mol. The van der Waals surface area contributed by atoms with E-state index in [4.69, 9.17) is 0 Å². The second-order valence-electron chi connectivity index (χ2n) is 7.55. The summed E-state index contributed by atoms with van der Waals surface area (Å²) in [5.74, 6) is -1.26. The Morgan fingerprint density at radius 1 is 1.00 bits per heavy atom. The van der Waals surface area contributed by atoms with Gasteiger partial charge < -0.3 is 14.4 Å². The molecule has 6 nitrogen and oxygen atoms in total. The molecular weight excluding hydrogens is 378 g/mol. The fourth-order valence-electron chi connectivity index (χ4n) is 4.23. The Morgan fingerprint density at radius 3 is 2.41 bits per heavy atom. The average molecular weight is 402 g/mol. The van der Waals surface area contributed by atoms with Gasteiger partial charge in [0.25, 0.3) is 0 Å². The monoisotopic (exact) mass is 402 g/mol. The smallest absolute Gasteiger partial charge is 0.236 e. The van der Waals surface area contributed by atoms with Crippen molar-refractivity contribution in [3.05, 3.63) is 59.4 Å². The molecule has 0 saturated carbocycles. The van der Waals surface area contributed by atoms with E-state index in [0.717, 1.165) is 11.8 Å². The molecule has 1 fully saturated rings. The maximum Gasteiger partial charge on any atom is 0.236 e. The first-order chi connectivity index (χ1) is 13.9. The minimum Gasteiger partial charge on any atom is -0.348 e. The second-order valence-corrected chi connectivity index (χ2v) is 7.55. The fourth-order valence-corrected chi connectivity index (χ4v) is 4.23. The molecule has 2 aliphatic rings.